The predicted octanol–water partition coefficient (Wildman–Crippen LogP) is 6.06. The summed E-state index contributed by atoms with van der Waals surface area (Å²) in [5, 5.41) is 6.74. The summed E-state index contributed by atoms with van der Waals surface area (Å²) >= 11 is 6.48. The summed E-state index contributed by atoms with van der Waals surface area (Å²) in [5.74, 6) is 0.631. The molecule has 0 atom stereocenters. The van der Waals surface area contributed by atoms with E-state index in [1.165, 1.54) is 38.8 Å². The number of nitrogens with one attached hydrogen (secondary N) is 2. The molecule has 0 saturated heterocycles. The number of aryl methyl sites for hydroxylation is 1. The van der Waals surface area contributed by atoms with Crippen molar-refractivity contribution in [3.63, 3.8) is 0 Å². The van der Waals surface area contributed by atoms with Crippen LogP contribution in [-0.2, 0) is 11.3 Å². The molecule has 0 aliphatic heterocycles. The highest BCUT2D eigenvalue weighted by Crippen LogP contribution is 2.36. The summed E-state index contributed by atoms with van der Waals surface area (Å²) in [6.07, 6.45) is 6.10. The molecule has 2 rings (SSSR count). The van der Waals surface area contributed by atoms with Crippen LogP contribution in [-0.4, -0.2) is 50.7 Å². The molecule has 6 nitrogen and oxygen atoms in total. The molecule has 0 aliphatic carbocycles. The molecule has 194 valence electrons. The SMILES string of the molecule is CCCCN(CCCC)CCCNCc1cc(Cl)c(OCC(=O)Nc2ccc(C)cc2)c(OC)c1. The number of benzene rings is 2. The molecule has 1 amide bonds. The van der Waals surface area contributed by atoms with Crippen LogP contribution >= 0.6 is 11.6 Å². The molecule has 2 aromatic rings. The number of hydrogen-bond donors (Lipinski definition) is 2. The number of rotatable bonds is 17. The van der Waals surface area contributed by atoms with E-state index in [1.54, 1.807) is 7.11 Å². The van der Waals surface area contributed by atoms with Crippen molar-refractivity contribution in [1.29, 1.82) is 0 Å². The van der Waals surface area contributed by atoms with Gasteiger partial charge >= 0.3 is 0 Å². The third-order valence-electron chi connectivity index (χ3n) is 5.78. The molecule has 2 N–H and O–H groups in total. The number of carbonyl (C=O) groups is 1. The van der Waals surface area contributed by atoms with Gasteiger partial charge in [-0.05, 0) is 82.2 Å². The second-order valence-corrected chi connectivity index (χ2v) is 9.30. The number of ether oxygens (including phenoxy) is 2. The van der Waals surface area contributed by atoms with Gasteiger partial charge in [-0.1, -0.05) is 56.0 Å². The quantitative estimate of drug-likeness (QED) is 0.257. The van der Waals surface area contributed by atoms with Gasteiger partial charge in [0, 0.05) is 12.2 Å². The average Bonchev–Trinajstić information content (AvgIpc) is 2.85. The van der Waals surface area contributed by atoms with Gasteiger partial charge < -0.3 is 25.0 Å². The molecule has 2 aromatic carbocycles. The van der Waals surface area contributed by atoms with Gasteiger partial charge in [0.15, 0.2) is 18.1 Å². The Balaban J connectivity index is 1.82. The Morgan fingerprint density at radius 1 is 1.00 bits per heavy atom. The van der Waals surface area contributed by atoms with Gasteiger partial charge in [0.1, 0.15) is 0 Å². The molecule has 35 heavy (non-hydrogen) atoms. The number of unbranched alkanes of at least 4 members (excludes halogenated alkanes) is 2. The number of halogens is 1. The lowest BCUT2D eigenvalue weighted by Gasteiger charge is -2.22. The highest BCUT2D eigenvalue weighted by Gasteiger charge is 2.14. The molecule has 0 fully saturated rings. The van der Waals surface area contributed by atoms with Gasteiger partial charge in [-0.15, -0.1) is 0 Å². The maximum atomic E-state index is 12.3. The Labute approximate surface area is 216 Å². The van der Waals surface area contributed by atoms with Crippen LogP contribution in [0, 0.1) is 6.92 Å². The second-order valence-electron chi connectivity index (χ2n) is 8.89. The van der Waals surface area contributed by atoms with Crippen molar-refractivity contribution in [3.05, 3.63) is 52.5 Å². The van der Waals surface area contributed by atoms with E-state index >= 15 is 0 Å². The molecule has 0 heterocycles. The van der Waals surface area contributed by atoms with Crippen LogP contribution in [0.5, 0.6) is 11.5 Å². The van der Waals surface area contributed by atoms with Crippen molar-refractivity contribution < 1.29 is 14.3 Å². The smallest absolute Gasteiger partial charge is 0.262 e. The summed E-state index contributed by atoms with van der Waals surface area (Å²) in [6.45, 7) is 11.5. The zero-order chi connectivity index (χ0) is 25.5. The maximum absolute atomic E-state index is 12.3. The van der Waals surface area contributed by atoms with E-state index in [2.05, 4.69) is 29.4 Å². The minimum Gasteiger partial charge on any atom is -0.493 e. The highest BCUT2D eigenvalue weighted by atomic mass is 35.5. The van der Waals surface area contributed by atoms with Gasteiger partial charge in [0.05, 0.1) is 12.1 Å². The van der Waals surface area contributed by atoms with Crippen LogP contribution in [0.3, 0.4) is 0 Å². The first-order chi connectivity index (χ1) is 17.0. The van der Waals surface area contributed by atoms with E-state index in [0.717, 1.165) is 36.3 Å². The van der Waals surface area contributed by atoms with E-state index in [0.29, 0.717) is 23.1 Å². The van der Waals surface area contributed by atoms with Gasteiger partial charge in [-0.3, -0.25) is 4.79 Å². The van der Waals surface area contributed by atoms with Crippen molar-refractivity contribution in [2.75, 3.05) is 45.2 Å². The number of nitrogens with zero attached hydrogens (tertiary/aromatic N) is 1. The fourth-order valence-electron chi connectivity index (χ4n) is 3.75. The van der Waals surface area contributed by atoms with Crippen LogP contribution in [0.25, 0.3) is 0 Å². The van der Waals surface area contributed by atoms with E-state index < -0.39 is 0 Å². The molecule has 0 aromatic heterocycles. The molecular weight excluding hydrogens is 462 g/mol. The lowest BCUT2D eigenvalue weighted by Crippen LogP contribution is -2.29. The lowest BCUT2D eigenvalue weighted by atomic mass is 10.2. The highest BCUT2D eigenvalue weighted by molar-refractivity contribution is 6.32. The van der Waals surface area contributed by atoms with Gasteiger partial charge in [-0.2, -0.15) is 0 Å². The van der Waals surface area contributed by atoms with Gasteiger partial charge in [-0.25, -0.2) is 0 Å². The average molecular weight is 504 g/mol. The van der Waals surface area contributed by atoms with E-state index in [4.69, 9.17) is 21.1 Å². The number of hydrogen-bond acceptors (Lipinski definition) is 5. The Bertz CT molecular complexity index is 882. The van der Waals surface area contributed by atoms with Crippen molar-refractivity contribution in [3.8, 4) is 11.5 Å². The first-order valence-electron chi connectivity index (χ1n) is 12.8. The Hall–Kier alpha value is -2.28. The molecule has 0 spiro atoms. The second kappa shape index (κ2) is 16.4. The summed E-state index contributed by atoms with van der Waals surface area (Å²) in [7, 11) is 1.57. The molecule has 0 radical (unpaired) electrons. The molecular formula is C28H42ClN3O3. The van der Waals surface area contributed by atoms with Crippen LogP contribution in [0.2, 0.25) is 5.02 Å². The Morgan fingerprint density at radius 2 is 1.66 bits per heavy atom. The molecule has 0 unspecified atom stereocenters. The topological polar surface area (TPSA) is 62.8 Å². The zero-order valence-corrected chi connectivity index (χ0v) is 22.5. The molecule has 0 aliphatic rings. The molecule has 0 saturated carbocycles. The minimum absolute atomic E-state index is 0.159. The number of anilines is 1. The predicted molar refractivity (Wildman–Crippen MR) is 146 cm³/mol. The molecule has 0 bridgehead atoms. The van der Waals surface area contributed by atoms with Gasteiger partial charge in [0.25, 0.3) is 5.91 Å². The van der Waals surface area contributed by atoms with Crippen molar-refractivity contribution in [1.82, 2.24) is 10.2 Å². The number of methoxy groups -OCH3 is 1. The first-order valence-corrected chi connectivity index (χ1v) is 13.1. The fourth-order valence-corrected chi connectivity index (χ4v) is 4.03. The largest absolute Gasteiger partial charge is 0.493 e. The number of amides is 1. The first kappa shape index (κ1) is 29.0. The van der Waals surface area contributed by atoms with Crippen LogP contribution in [0.15, 0.2) is 36.4 Å². The third-order valence-corrected chi connectivity index (χ3v) is 6.07. The van der Waals surface area contributed by atoms with Crippen molar-refractivity contribution >= 4 is 23.2 Å². The minimum atomic E-state index is -0.260. The normalized spacial score (nSPS) is 11.0. The lowest BCUT2D eigenvalue weighted by molar-refractivity contribution is -0.118. The number of carbonyl (C=O) groups excluding carboxylic acids is 1. The summed E-state index contributed by atoms with van der Waals surface area (Å²) in [5.41, 5.74) is 2.87. The van der Waals surface area contributed by atoms with Gasteiger partial charge in [0.2, 0.25) is 0 Å². The van der Waals surface area contributed by atoms with E-state index in [1.807, 2.05) is 43.3 Å². The summed E-state index contributed by atoms with van der Waals surface area (Å²) in [6, 6.07) is 11.4. The van der Waals surface area contributed by atoms with Crippen molar-refractivity contribution in [2.24, 2.45) is 0 Å². The van der Waals surface area contributed by atoms with E-state index in [-0.39, 0.29) is 12.5 Å². The van der Waals surface area contributed by atoms with Crippen molar-refractivity contribution in [2.45, 2.75) is 59.4 Å². The van der Waals surface area contributed by atoms with E-state index in [9.17, 15) is 4.79 Å². The molecule has 7 heteroatoms. The van der Waals surface area contributed by atoms with Crippen LogP contribution in [0.4, 0.5) is 5.69 Å². The maximum Gasteiger partial charge on any atom is 0.262 e. The zero-order valence-electron chi connectivity index (χ0n) is 21.8. The third kappa shape index (κ3) is 10.9. The summed E-state index contributed by atoms with van der Waals surface area (Å²) < 4.78 is 11.2. The summed E-state index contributed by atoms with van der Waals surface area (Å²) in [4.78, 5) is 14.9. The monoisotopic (exact) mass is 503 g/mol. The Kier molecular flexibility index (Phi) is 13.6. The fraction of sp³-hybridized carbons (Fsp3) is 0.536. The van der Waals surface area contributed by atoms with Crippen LogP contribution < -0.4 is 20.1 Å². The van der Waals surface area contributed by atoms with Crippen LogP contribution in [0.1, 0.15) is 57.1 Å². The Morgan fingerprint density at radius 3 is 2.29 bits per heavy atom. The standard InChI is InChI=1S/C28H42ClN3O3/c1-5-7-15-32(16-8-6-2)17-9-14-30-20-23-18-25(29)28(26(19-23)34-4)35-21-27(33)31-24-12-10-22(3)11-13-24/h10-13,18-19,30H,5-9,14-17,20-21H2,1-4H3,(H,31,33).